The van der Waals surface area contributed by atoms with Crippen LogP contribution in [0.2, 0.25) is 0 Å². The van der Waals surface area contributed by atoms with E-state index < -0.39 is 4.92 Å². The molecule has 0 saturated carbocycles. The Morgan fingerprint density at radius 2 is 1.87 bits per heavy atom. The fraction of sp³-hybridized carbons (Fsp3) is 0.217. The molecule has 0 radical (unpaired) electrons. The lowest BCUT2D eigenvalue weighted by Gasteiger charge is -2.10. The van der Waals surface area contributed by atoms with E-state index in [1.54, 1.807) is 43.8 Å². The highest BCUT2D eigenvalue weighted by Crippen LogP contribution is 2.26. The lowest BCUT2D eigenvalue weighted by molar-refractivity contribution is -0.386. The third-order valence-corrected chi connectivity index (χ3v) is 4.91. The van der Waals surface area contributed by atoms with Crippen molar-refractivity contribution >= 4 is 17.5 Å². The summed E-state index contributed by atoms with van der Waals surface area (Å²) in [6.07, 6.45) is 3.28. The van der Waals surface area contributed by atoms with Crippen LogP contribution in [0.25, 0.3) is 6.08 Å². The molecule has 0 atom stereocenters. The normalized spacial score (nSPS) is 11.1. The van der Waals surface area contributed by atoms with Crippen molar-refractivity contribution in [3.05, 3.63) is 92.3 Å². The topological polar surface area (TPSA) is 87.3 Å². The Morgan fingerprint density at radius 1 is 1.17 bits per heavy atom. The summed E-state index contributed by atoms with van der Waals surface area (Å²) < 4.78 is 7.03. The zero-order valence-electron chi connectivity index (χ0n) is 17.4. The quantitative estimate of drug-likeness (QED) is 0.247. The Bertz CT molecular complexity index is 1130. The number of hydrogen-bond donors (Lipinski definition) is 0. The van der Waals surface area contributed by atoms with Gasteiger partial charge in [-0.1, -0.05) is 42.0 Å². The molecule has 1 aromatic heterocycles. The van der Waals surface area contributed by atoms with Crippen molar-refractivity contribution < 1.29 is 14.5 Å². The van der Waals surface area contributed by atoms with Gasteiger partial charge in [-0.3, -0.25) is 19.6 Å². The predicted molar refractivity (Wildman–Crippen MR) is 115 cm³/mol. The van der Waals surface area contributed by atoms with Gasteiger partial charge >= 0.3 is 5.69 Å². The molecule has 0 fully saturated rings. The van der Waals surface area contributed by atoms with Crippen LogP contribution in [-0.2, 0) is 6.54 Å². The van der Waals surface area contributed by atoms with E-state index in [9.17, 15) is 14.9 Å². The molecule has 2 aromatic carbocycles. The van der Waals surface area contributed by atoms with Gasteiger partial charge in [-0.05, 0) is 44.5 Å². The number of aryl methyl sites for hydroxylation is 2. The number of benzene rings is 2. The van der Waals surface area contributed by atoms with Gasteiger partial charge in [0.15, 0.2) is 5.78 Å². The highest BCUT2D eigenvalue weighted by molar-refractivity contribution is 6.06. The van der Waals surface area contributed by atoms with Crippen LogP contribution < -0.4 is 4.74 Å². The largest absolute Gasteiger partial charge is 0.496 e. The number of nitrogens with zero attached hydrogens (tertiary/aromatic N) is 3. The summed E-state index contributed by atoms with van der Waals surface area (Å²) >= 11 is 0. The molecule has 7 nitrogen and oxygen atoms in total. The summed E-state index contributed by atoms with van der Waals surface area (Å²) in [4.78, 5) is 23.2. The van der Waals surface area contributed by atoms with Gasteiger partial charge in [0, 0.05) is 11.1 Å². The molecule has 3 aromatic rings. The van der Waals surface area contributed by atoms with Crippen LogP contribution in [0.4, 0.5) is 5.69 Å². The van der Waals surface area contributed by atoms with Crippen molar-refractivity contribution in [2.45, 2.75) is 27.3 Å². The van der Waals surface area contributed by atoms with Crippen LogP contribution in [0, 0.1) is 30.9 Å². The number of nitro groups is 1. The van der Waals surface area contributed by atoms with Gasteiger partial charge in [0.25, 0.3) is 0 Å². The summed E-state index contributed by atoms with van der Waals surface area (Å²) in [7, 11) is 1.57. The van der Waals surface area contributed by atoms with Gasteiger partial charge in [0.2, 0.25) is 0 Å². The lowest BCUT2D eigenvalue weighted by Crippen LogP contribution is -2.06. The van der Waals surface area contributed by atoms with E-state index in [4.69, 9.17) is 4.74 Å². The molecule has 154 valence electrons. The summed E-state index contributed by atoms with van der Waals surface area (Å²) in [5.74, 6) is 0.564. The minimum atomic E-state index is -0.415. The number of carbonyl (C=O) groups is 1. The number of aromatic nitrogens is 2. The molecule has 3 rings (SSSR count). The van der Waals surface area contributed by atoms with Crippen molar-refractivity contribution in [2.75, 3.05) is 7.11 Å². The number of ketones is 1. The summed E-state index contributed by atoms with van der Waals surface area (Å²) in [6.45, 7) is 5.58. The zero-order chi connectivity index (χ0) is 21.8. The van der Waals surface area contributed by atoms with Gasteiger partial charge in [-0.15, -0.1) is 0 Å². The summed E-state index contributed by atoms with van der Waals surface area (Å²) in [6, 6.07) is 13.0. The molecule has 30 heavy (non-hydrogen) atoms. The average molecular weight is 405 g/mol. The maximum absolute atomic E-state index is 12.4. The molecule has 7 heteroatoms. The maximum atomic E-state index is 12.4. The molecule has 0 aliphatic rings. The van der Waals surface area contributed by atoms with Gasteiger partial charge < -0.3 is 4.74 Å². The molecular weight excluding hydrogens is 382 g/mol. The SMILES string of the molecule is COc1ccc(/C=C/C(=O)c2ccc(C)cc2)cc1Cn1nc(C)c([N+](=O)[O-])c1C. The number of hydrogen-bond acceptors (Lipinski definition) is 5. The third kappa shape index (κ3) is 4.46. The second-order valence-corrected chi connectivity index (χ2v) is 7.07. The van der Waals surface area contributed by atoms with Crippen LogP contribution in [-0.4, -0.2) is 27.6 Å². The molecule has 0 aliphatic heterocycles. The number of ether oxygens (including phenoxy) is 1. The second-order valence-electron chi connectivity index (χ2n) is 7.07. The molecule has 1 heterocycles. The predicted octanol–water partition coefficient (Wildman–Crippen LogP) is 4.67. The first-order valence-corrected chi connectivity index (χ1v) is 9.44. The molecule has 0 bridgehead atoms. The fourth-order valence-corrected chi connectivity index (χ4v) is 3.28. The molecule has 0 spiro atoms. The Balaban J connectivity index is 1.87. The van der Waals surface area contributed by atoms with E-state index in [-0.39, 0.29) is 11.5 Å². The number of allylic oxidation sites excluding steroid dienone is 1. The number of carbonyl (C=O) groups excluding carboxylic acids is 1. The van der Waals surface area contributed by atoms with Crippen molar-refractivity contribution in [2.24, 2.45) is 0 Å². The van der Waals surface area contributed by atoms with E-state index in [0.29, 0.717) is 29.2 Å². The zero-order valence-corrected chi connectivity index (χ0v) is 17.4. The Morgan fingerprint density at radius 3 is 2.47 bits per heavy atom. The first-order valence-electron chi connectivity index (χ1n) is 9.44. The first kappa shape index (κ1) is 21.0. The van der Waals surface area contributed by atoms with Crippen LogP contribution in [0.15, 0.2) is 48.5 Å². The van der Waals surface area contributed by atoms with Crippen molar-refractivity contribution in [1.82, 2.24) is 9.78 Å². The third-order valence-electron chi connectivity index (χ3n) is 4.91. The molecular formula is C23H23N3O4. The van der Waals surface area contributed by atoms with Gasteiger partial charge in [-0.2, -0.15) is 5.10 Å². The first-order chi connectivity index (χ1) is 14.3. The summed E-state index contributed by atoms with van der Waals surface area (Å²) in [5.41, 5.74) is 4.23. The minimum Gasteiger partial charge on any atom is -0.496 e. The minimum absolute atomic E-state index is 0.0220. The fourth-order valence-electron chi connectivity index (χ4n) is 3.28. The maximum Gasteiger partial charge on any atom is 0.312 e. The lowest BCUT2D eigenvalue weighted by atomic mass is 10.1. The van der Waals surface area contributed by atoms with E-state index in [2.05, 4.69) is 5.10 Å². The van der Waals surface area contributed by atoms with Gasteiger partial charge in [0.05, 0.1) is 18.6 Å². The smallest absolute Gasteiger partial charge is 0.312 e. The Hall–Kier alpha value is -3.74. The van der Waals surface area contributed by atoms with E-state index in [1.165, 1.54) is 6.08 Å². The van der Waals surface area contributed by atoms with E-state index in [1.807, 2.05) is 37.3 Å². The average Bonchev–Trinajstić information content (AvgIpc) is 3.00. The van der Waals surface area contributed by atoms with Crippen molar-refractivity contribution in [1.29, 1.82) is 0 Å². The van der Waals surface area contributed by atoms with Crippen molar-refractivity contribution in [3.8, 4) is 5.75 Å². The molecule has 0 N–H and O–H groups in total. The molecule has 0 amide bonds. The van der Waals surface area contributed by atoms with E-state index >= 15 is 0 Å². The Labute approximate surface area is 174 Å². The number of rotatable bonds is 7. The molecule has 0 unspecified atom stereocenters. The van der Waals surface area contributed by atoms with Crippen molar-refractivity contribution in [3.63, 3.8) is 0 Å². The van der Waals surface area contributed by atoms with Crippen LogP contribution in [0.3, 0.4) is 0 Å². The highest BCUT2D eigenvalue weighted by Gasteiger charge is 2.22. The van der Waals surface area contributed by atoms with Crippen LogP contribution in [0.1, 0.15) is 38.4 Å². The second kappa shape index (κ2) is 8.73. The highest BCUT2D eigenvalue weighted by atomic mass is 16.6. The van der Waals surface area contributed by atoms with Gasteiger partial charge in [-0.25, -0.2) is 0 Å². The monoisotopic (exact) mass is 405 g/mol. The standard InChI is InChI=1S/C23H23N3O4/c1-15-5-9-19(10-6-15)21(27)11-7-18-8-12-22(30-4)20(13-18)14-25-17(3)23(26(28)29)16(2)24-25/h5-13H,14H2,1-4H3/b11-7+. The van der Waals surface area contributed by atoms with Gasteiger partial charge in [0.1, 0.15) is 17.1 Å². The molecule has 0 saturated heterocycles. The van der Waals surface area contributed by atoms with Crippen LogP contribution >= 0.6 is 0 Å². The molecule has 0 aliphatic carbocycles. The Kier molecular flexibility index (Phi) is 6.11. The number of methoxy groups -OCH3 is 1. The summed E-state index contributed by atoms with van der Waals surface area (Å²) in [5, 5.41) is 15.6. The van der Waals surface area contributed by atoms with E-state index in [0.717, 1.165) is 16.7 Å². The van der Waals surface area contributed by atoms with Crippen LogP contribution in [0.5, 0.6) is 5.75 Å².